The van der Waals surface area contributed by atoms with Crippen molar-refractivity contribution in [3.05, 3.63) is 96.6 Å². The van der Waals surface area contributed by atoms with Crippen LogP contribution in [-0.2, 0) is 6.54 Å². The lowest BCUT2D eigenvalue weighted by atomic mass is 10.2. The molecule has 3 heterocycles. The zero-order chi connectivity index (χ0) is 18.5. The van der Waals surface area contributed by atoms with Crippen molar-refractivity contribution in [2.75, 3.05) is 5.32 Å². The van der Waals surface area contributed by atoms with E-state index in [9.17, 15) is 4.79 Å². The van der Waals surface area contributed by atoms with Crippen LogP contribution in [0.1, 0.15) is 16.1 Å². The maximum absolute atomic E-state index is 13.0. The second-order valence-electron chi connectivity index (χ2n) is 5.91. The zero-order valence-electron chi connectivity index (χ0n) is 14.5. The summed E-state index contributed by atoms with van der Waals surface area (Å²) in [5.74, 6) is 0.405. The first-order valence-corrected chi connectivity index (χ1v) is 8.55. The first kappa shape index (κ1) is 16.7. The van der Waals surface area contributed by atoms with Gasteiger partial charge in [0.1, 0.15) is 5.82 Å². The molecule has 0 aliphatic rings. The number of carbonyl (C=O) groups excluding carboxylic acids is 1. The molecule has 0 aliphatic heterocycles. The third-order valence-corrected chi connectivity index (χ3v) is 4.06. The Morgan fingerprint density at radius 2 is 1.81 bits per heavy atom. The van der Waals surface area contributed by atoms with Crippen molar-refractivity contribution >= 4 is 11.7 Å². The van der Waals surface area contributed by atoms with Gasteiger partial charge in [0.2, 0.25) is 0 Å². The Kier molecular flexibility index (Phi) is 4.70. The fourth-order valence-electron chi connectivity index (χ4n) is 2.70. The number of carbonyl (C=O) groups is 1. The van der Waals surface area contributed by atoms with Crippen LogP contribution in [0, 0.1) is 0 Å². The number of nitrogens with zero attached hydrogens (tertiary/aromatic N) is 4. The predicted octanol–water partition coefficient (Wildman–Crippen LogP) is 3.64. The third-order valence-electron chi connectivity index (χ3n) is 4.06. The minimum Gasteiger partial charge on any atom is -0.364 e. The van der Waals surface area contributed by atoms with E-state index < -0.39 is 0 Å². The fraction of sp³-hybridized carbons (Fsp3) is 0.0476. The molecule has 0 bridgehead atoms. The molecule has 0 radical (unpaired) electrons. The molecule has 0 saturated heterocycles. The zero-order valence-corrected chi connectivity index (χ0v) is 14.5. The first-order chi connectivity index (χ1) is 13.3. The van der Waals surface area contributed by atoms with Crippen molar-refractivity contribution in [2.45, 2.75) is 6.54 Å². The molecule has 6 nitrogen and oxygen atoms in total. The summed E-state index contributed by atoms with van der Waals surface area (Å²) in [4.78, 5) is 21.4. The Hall–Kier alpha value is -3.80. The standard InChI is InChI=1S/C21H17N5O/c27-21(16-7-2-1-3-8-16)26-20(24-15-18-10-4-5-12-23-18)13-19(25-26)17-9-6-11-22-14-17/h1-14,24H,15H2. The predicted molar refractivity (Wildman–Crippen MR) is 103 cm³/mol. The van der Waals surface area contributed by atoms with Crippen molar-refractivity contribution in [3.63, 3.8) is 0 Å². The molecule has 6 heteroatoms. The second-order valence-corrected chi connectivity index (χ2v) is 5.91. The minimum absolute atomic E-state index is 0.200. The molecule has 0 amide bonds. The molecule has 1 N–H and O–H groups in total. The van der Waals surface area contributed by atoms with E-state index in [0.717, 1.165) is 11.3 Å². The van der Waals surface area contributed by atoms with Gasteiger partial charge in [-0.05, 0) is 36.4 Å². The molecule has 0 atom stereocenters. The van der Waals surface area contributed by atoms with Gasteiger partial charge in [-0.15, -0.1) is 0 Å². The van der Waals surface area contributed by atoms with Crippen LogP contribution in [0.2, 0.25) is 0 Å². The monoisotopic (exact) mass is 355 g/mol. The highest BCUT2D eigenvalue weighted by Gasteiger charge is 2.17. The van der Waals surface area contributed by atoms with E-state index in [2.05, 4.69) is 20.4 Å². The molecule has 0 saturated carbocycles. The van der Waals surface area contributed by atoms with E-state index >= 15 is 0 Å². The molecular formula is C21H17N5O. The highest BCUT2D eigenvalue weighted by molar-refractivity contribution is 5.97. The van der Waals surface area contributed by atoms with Crippen LogP contribution in [0.15, 0.2) is 85.3 Å². The van der Waals surface area contributed by atoms with Crippen LogP contribution >= 0.6 is 0 Å². The fourth-order valence-corrected chi connectivity index (χ4v) is 2.70. The molecular weight excluding hydrogens is 338 g/mol. The minimum atomic E-state index is -0.200. The average molecular weight is 355 g/mol. The van der Waals surface area contributed by atoms with Gasteiger partial charge in [-0.2, -0.15) is 9.78 Å². The van der Waals surface area contributed by atoms with Crippen molar-refractivity contribution in [2.24, 2.45) is 0 Å². The Bertz CT molecular complexity index is 1030. The molecule has 0 spiro atoms. The lowest BCUT2D eigenvalue weighted by Crippen LogP contribution is -2.17. The summed E-state index contributed by atoms with van der Waals surface area (Å²) in [6, 6.07) is 20.4. The summed E-state index contributed by atoms with van der Waals surface area (Å²) in [5, 5.41) is 7.78. The molecule has 0 fully saturated rings. The number of pyridine rings is 2. The maximum atomic E-state index is 13.0. The van der Waals surface area contributed by atoms with Gasteiger partial charge in [-0.25, -0.2) is 0 Å². The molecule has 0 unspecified atom stereocenters. The number of anilines is 1. The van der Waals surface area contributed by atoms with Gasteiger partial charge in [-0.3, -0.25) is 14.8 Å². The summed E-state index contributed by atoms with van der Waals surface area (Å²) in [6.45, 7) is 0.487. The SMILES string of the molecule is O=C(c1ccccc1)n1nc(-c2cccnc2)cc1NCc1ccccn1. The number of aromatic nitrogens is 4. The second kappa shape index (κ2) is 7.61. The lowest BCUT2D eigenvalue weighted by molar-refractivity contribution is 0.0948. The summed E-state index contributed by atoms with van der Waals surface area (Å²) in [6.07, 6.45) is 5.17. The van der Waals surface area contributed by atoms with Gasteiger partial charge in [-0.1, -0.05) is 24.3 Å². The summed E-state index contributed by atoms with van der Waals surface area (Å²) < 4.78 is 1.39. The summed E-state index contributed by atoms with van der Waals surface area (Å²) in [7, 11) is 0. The largest absolute Gasteiger partial charge is 0.364 e. The molecule has 0 aliphatic carbocycles. The van der Waals surface area contributed by atoms with Crippen LogP contribution in [0.5, 0.6) is 0 Å². The van der Waals surface area contributed by atoms with E-state index in [1.807, 2.05) is 54.6 Å². The van der Waals surface area contributed by atoms with Gasteiger partial charge >= 0.3 is 0 Å². The van der Waals surface area contributed by atoms with Gasteiger partial charge in [0, 0.05) is 35.8 Å². The van der Waals surface area contributed by atoms with Crippen LogP contribution < -0.4 is 5.32 Å². The van der Waals surface area contributed by atoms with Gasteiger partial charge < -0.3 is 5.32 Å². The number of benzene rings is 1. The van der Waals surface area contributed by atoms with Crippen molar-refractivity contribution in [3.8, 4) is 11.3 Å². The number of hydrogen-bond donors (Lipinski definition) is 1. The Morgan fingerprint density at radius 3 is 2.56 bits per heavy atom. The van der Waals surface area contributed by atoms with Crippen LogP contribution in [0.4, 0.5) is 5.82 Å². The van der Waals surface area contributed by atoms with Gasteiger partial charge in [0.15, 0.2) is 0 Å². The maximum Gasteiger partial charge on any atom is 0.280 e. The van der Waals surface area contributed by atoms with Crippen molar-refractivity contribution in [1.29, 1.82) is 0 Å². The topological polar surface area (TPSA) is 72.7 Å². The van der Waals surface area contributed by atoms with E-state index in [1.165, 1.54) is 4.68 Å². The highest BCUT2D eigenvalue weighted by Crippen LogP contribution is 2.22. The van der Waals surface area contributed by atoms with E-state index in [4.69, 9.17) is 0 Å². The first-order valence-electron chi connectivity index (χ1n) is 8.55. The van der Waals surface area contributed by atoms with Gasteiger partial charge in [0.05, 0.1) is 17.9 Å². The van der Waals surface area contributed by atoms with Crippen molar-refractivity contribution < 1.29 is 4.79 Å². The third kappa shape index (κ3) is 3.74. The molecule has 1 aromatic carbocycles. The number of hydrogen-bond acceptors (Lipinski definition) is 5. The molecule has 4 aromatic rings. The number of nitrogens with one attached hydrogen (secondary N) is 1. The summed E-state index contributed by atoms with van der Waals surface area (Å²) >= 11 is 0. The molecule has 132 valence electrons. The van der Waals surface area contributed by atoms with Crippen LogP contribution in [-0.4, -0.2) is 25.7 Å². The average Bonchev–Trinajstić information content (AvgIpc) is 3.18. The van der Waals surface area contributed by atoms with E-state index in [0.29, 0.717) is 23.6 Å². The Morgan fingerprint density at radius 1 is 0.963 bits per heavy atom. The number of rotatable bonds is 5. The van der Waals surface area contributed by atoms with Crippen LogP contribution in [0.3, 0.4) is 0 Å². The smallest absolute Gasteiger partial charge is 0.280 e. The molecule has 4 rings (SSSR count). The highest BCUT2D eigenvalue weighted by atomic mass is 16.2. The van der Waals surface area contributed by atoms with Gasteiger partial charge in [0.25, 0.3) is 5.91 Å². The van der Waals surface area contributed by atoms with Crippen molar-refractivity contribution in [1.82, 2.24) is 19.7 Å². The quantitative estimate of drug-likeness (QED) is 0.592. The lowest BCUT2D eigenvalue weighted by Gasteiger charge is -2.08. The Labute approximate surface area is 156 Å². The normalized spacial score (nSPS) is 10.5. The Balaban J connectivity index is 1.69. The summed E-state index contributed by atoms with van der Waals surface area (Å²) in [5.41, 5.74) is 2.97. The molecule has 3 aromatic heterocycles. The van der Waals surface area contributed by atoms with E-state index in [1.54, 1.807) is 30.7 Å². The molecule has 27 heavy (non-hydrogen) atoms. The van der Waals surface area contributed by atoms with Crippen LogP contribution in [0.25, 0.3) is 11.3 Å². The van der Waals surface area contributed by atoms with E-state index in [-0.39, 0.29) is 5.91 Å².